The van der Waals surface area contributed by atoms with Crippen LogP contribution in [0.25, 0.3) is 0 Å². The highest BCUT2D eigenvalue weighted by molar-refractivity contribution is 5.43. The SMILES string of the molecule is CCC(C)(C)c1ccc(N)c(F)c1. The molecule has 0 amide bonds. The summed E-state index contributed by atoms with van der Waals surface area (Å²) in [5, 5.41) is 0. The molecule has 1 rings (SSSR count). The number of hydrogen-bond acceptors (Lipinski definition) is 1. The van der Waals surface area contributed by atoms with E-state index in [9.17, 15) is 4.39 Å². The van der Waals surface area contributed by atoms with Gasteiger partial charge in [0.15, 0.2) is 0 Å². The van der Waals surface area contributed by atoms with Crippen molar-refractivity contribution < 1.29 is 4.39 Å². The van der Waals surface area contributed by atoms with Crippen molar-refractivity contribution in [3.8, 4) is 0 Å². The predicted molar refractivity (Wildman–Crippen MR) is 54.1 cm³/mol. The lowest BCUT2D eigenvalue weighted by Crippen LogP contribution is -2.15. The highest BCUT2D eigenvalue weighted by Gasteiger charge is 2.18. The van der Waals surface area contributed by atoms with Crippen LogP contribution in [0.4, 0.5) is 10.1 Å². The van der Waals surface area contributed by atoms with Crippen molar-refractivity contribution in [2.75, 3.05) is 5.73 Å². The van der Waals surface area contributed by atoms with Gasteiger partial charge in [-0.05, 0) is 29.5 Å². The van der Waals surface area contributed by atoms with Gasteiger partial charge >= 0.3 is 0 Å². The van der Waals surface area contributed by atoms with E-state index >= 15 is 0 Å². The molecule has 0 radical (unpaired) electrons. The summed E-state index contributed by atoms with van der Waals surface area (Å²) in [6, 6.07) is 5.04. The minimum Gasteiger partial charge on any atom is -0.396 e. The number of nitrogens with two attached hydrogens (primary N) is 1. The first kappa shape index (κ1) is 10.0. The van der Waals surface area contributed by atoms with E-state index in [2.05, 4.69) is 20.8 Å². The molecule has 0 unspecified atom stereocenters. The molecule has 0 aliphatic rings. The van der Waals surface area contributed by atoms with Crippen LogP contribution >= 0.6 is 0 Å². The van der Waals surface area contributed by atoms with E-state index in [1.165, 1.54) is 6.07 Å². The third-order valence-corrected chi connectivity index (χ3v) is 2.67. The van der Waals surface area contributed by atoms with Crippen LogP contribution in [0.3, 0.4) is 0 Å². The van der Waals surface area contributed by atoms with E-state index in [4.69, 9.17) is 5.73 Å². The molecule has 0 aliphatic carbocycles. The Balaban J connectivity index is 3.10. The molecule has 0 fully saturated rings. The van der Waals surface area contributed by atoms with Crippen LogP contribution in [-0.4, -0.2) is 0 Å². The number of benzene rings is 1. The molecule has 13 heavy (non-hydrogen) atoms. The molecule has 0 aromatic heterocycles. The molecule has 0 bridgehead atoms. The lowest BCUT2D eigenvalue weighted by molar-refractivity contribution is 0.501. The van der Waals surface area contributed by atoms with Crippen molar-refractivity contribution in [2.24, 2.45) is 0 Å². The zero-order valence-electron chi connectivity index (χ0n) is 8.39. The van der Waals surface area contributed by atoms with Crippen molar-refractivity contribution in [3.63, 3.8) is 0 Å². The van der Waals surface area contributed by atoms with E-state index in [1.807, 2.05) is 6.07 Å². The summed E-state index contributed by atoms with van der Waals surface area (Å²) in [5.74, 6) is -0.320. The first-order valence-corrected chi connectivity index (χ1v) is 4.53. The van der Waals surface area contributed by atoms with Gasteiger partial charge in [-0.25, -0.2) is 4.39 Å². The lowest BCUT2D eigenvalue weighted by Gasteiger charge is -2.23. The highest BCUT2D eigenvalue weighted by Crippen LogP contribution is 2.28. The van der Waals surface area contributed by atoms with Crippen LogP contribution in [0.2, 0.25) is 0 Å². The minimum atomic E-state index is -0.320. The van der Waals surface area contributed by atoms with E-state index in [0.717, 1.165) is 12.0 Å². The smallest absolute Gasteiger partial charge is 0.146 e. The summed E-state index contributed by atoms with van der Waals surface area (Å²) in [6.45, 7) is 6.28. The Morgan fingerprint density at radius 3 is 2.46 bits per heavy atom. The Morgan fingerprint density at radius 2 is 2.00 bits per heavy atom. The van der Waals surface area contributed by atoms with Crippen molar-refractivity contribution in [1.82, 2.24) is 0 Å². The first-order chi connectivity index (χ1) is 5.97. The second-order valence-corrected chi connectivity index (χ2v) is 3.97. The number of rotatable bonds is 2. The maximum atomic E-state index is 13.1. The van der Waals surface area contributed by atoms with Gasteiger partial charge in [0.1, 0.15) is 5.82 Å². The third-order valence-electron chi connectivity index (χ3n) is 2.67. The average molecular weight is 181 g/mol. The zero-order valence-corrected chi connectivity index (χ0v) is 8.39. The fourth-order valence-corrected chi connectivity index (χ4v) is 1.15. The Kier molecular flexibility index (Phi) is 2.60. The fourth-order valence-electron chi connectivity index (χ4n) is 1.15. The standard InChI is InChI=1S/C11H16FN/c1-4-11(2,3)8-5-6-10(13)9(12)7-8/h5-7H,4,13H2,1-3H3. The zero-order chi connectivity index (χ0) is 10.1. The maximum absolute atomic E-state index is 13.1. The summed E-state index contributed by atoms with van der Waals surface area (Å²) in [4.78, 5) is 0. The summed E-state index contributed by atoms with van der Waals surface area (Å²) in [7, 11) is 0. The van der Waals surface area contributed by atoms with Gasteiger partial charge in [0.25, 0.3) is 0 Å². The normalized spacial score (nSPS) is 11.7. The van der Waals surface area contributed by atoms with Gasteiger partial charge < -0.3 is 5.73 Å². The Hall–Kier alpha value is -1.05. The molecule has 2 N–H and O–H groups in total. The van der Waals surface area contributed by atoms with E-state index in [0.29, 0.717) is 0 Å². The number of hydrogen-bond donors (Lipinski definition) is 1. The Morgan fingerprint density at radius 1 is 1.38 bits per heavy atom. The summed E-state index contributed by atoms with van der Waals surface area (Å²) < 4.78 is 13.1. The molecule has 0 atom stereocenters. The minimum absolute atomic E-state index is 0.0224. The number of nitrogen functional groups attached to an aromatic ring is 1. The predicted octanol–water partition coefficient (Wildman–Crippen LogP) is 3.10. The van der Waals surface area contributed by atoms with Gasteiger partial charge in [0.05, 0.1) is 5.69 Å². The lowest BCUT2D eigenvalue weighted by atomic mass is 9.82. The Bertz CT molecular complexity index is 305. The van der Waals surface area contributed by atoms with Crippen LogP contribution in [-0.2, 0) is 5.41 Å². The number of anilines is 1. The van der Waals surface area contributed by atoms with Gasteiger partial charge in [0, 0.05) is 0 Å². The molecule has 1 aromatic rings. The van der Waals surface area contributed by atoms with E-state index in [1.54, 1.807) is 6.07 Å². The monoisotopic (exact) mass is 181 g/mol. The van der Waals surface area contributed by atoms with Gasteiger partial charge in [-0.3, -0.25) is 0 Å². The molecule has 0 aliphatic heterocycles. The highest BCUT2D eigenvalue weighted by atomic mass is 19.1. The molecule has 0 saturated heterocycles. The third kappa shape index (κ3) is 2.00. The van der Waals surface area contributed by atoms with E-state index < -0.39 is 0 Å². The molecule has 1 nitrogen and oxygen atoms in total. The van der Waals surface area contributed by atoms with Crippen molar-refractivity contribution >= 4 is 5.69 Å². The summed E-state index contributed by atoms with van der Waals surface area (Å²) >= 11 is 0. The van der Waals surface area contributed by atoms with Crippen LogP contribution in [0.15, 0.2) is 18.2 Å². The molecule has 0 saturated carbocycles. The summed E-state index contributed by atoms with van der Waals surface area (Å²) in [5.41, 5.74) is 6.64. The second kappa shape index (κ2) is 3.36. The molecular formula is C11H16FN. The van der Waals surface area contributed by atoms with Crippen LogP contribution in [0, 0.1) is 5.82 Å². The fraction of sp³-hybridized carbons (Fsp3) is 0.455. The largest absolute Gasteiger partial charge is 0.396 e. The van der Waals surface area contributed by atoms with Crippen LogP contribution < -0.4 is 5.73 Å². The maximum Gasteiger partial charge on any atom is 0.146 e. The average Bonchev–Trinajstić information content (AvgIpc) is 2.09. The van der Waals surface area contributed by atoms with Gasteiger partial charge in [-0.2, -0.15) is 0 Å². The molecule has 0 spiro atoms. The summed E-state index contributed by atoms with van der Waals surface area (Å²) in [6.07, 6.45) is 0.982. The van der Waals surface area contributed by atoms with E-state index in [-0.39, 0.29) is 16.9 Å². The Labute approximate surface area is 78.8 Å². The first-order valence-electron chi connectivity index (χ1n) is 4.53. The quantitative estimate of drug-likeness (QED) is 0.697. The molecule has 72 valence electrons. The molecule has 1 aromatic carbocycles. The van der Waals surface area contributed by atoms with Crippen molar-refractivity contribution in [3.05, 3.63) is 29.6 Å². The topological polar surface area (TPSA) is 26.0 Å². The molecule has 2 heteroatoms. The second-order valence-electron chi connectivity index (χ2n) is 3.97. The van der Waals surface area contributed by atoms with Crippen molar-refractivity contribution in [1.29, 1.82) is 0 Å². The number of halogens is 1. The van der Waals surface area contributed by atoms with Crippen LogP contribution in [0.1, 0.15) is 32.8 Å². The molecule has 0 heterocycles. The van der Waals surface area contributed by atoms with Gasteiger partial charge in [-0.15, -0.1) is 0 Å². The van der Waals surface area contributed by atoms with Crippen molar-refractivity contribution in [2.45, 2.75) is 32.6 Å². The molecular weight excluding hydrogens is 165 g/mol. The van der Waals surface area contributed by atoms with Gasteiger partial charge in [0.2, 0.25) is 0 Å². The van der Waals surface area contributed by atoms with Gasteiger partial charge in [-0.1, -0.05) is 26.8 Å². The van der Waals surface area contributed by atoms with Crippen LogP contribution in [0.5, 0.6) is 0 Å².